The lowest BCUT2D eigenvalue weighted by molar-refractivity contribution is 0.741. The second kappa shape index (κ2) is 7.06. The van der Waals surface area contributed by atoms with Gasteiger partial charge in [0, 0.05) is 44.7 Å². The number of anilines is 2. The van der Waals surface area contributed by atoms with Gasteiger partial charge in [0.1, 0.15) is 17.5 Å². The monoisotopic (exact) mass is 288 g/mol. The van der Waals surface area contributed by atoms with Gasteiger partial charge >= 0.3 is 0 Å². The van der Waals surface area contributed by atoms with E-state index in [-0.39, 0.29) is 0 Å². The first-order valence-corrected chi connectivity index (χ1v) is 7.43. The topological polar surface area (TPSA) is 67.7 Å². The lowest BCUT2D eigenvalue weighted by Crippen LogP contribution is -2.11. The summed E-state index contributed by atoms with van der Waals surface area (Å²) in [5.74, 6) is 2.89. The molecule has 0 spiro atoms. The van der Waals surface area contributed by atoms with Gasteiger partial charge in [-0.2, -0.15) is 5.10 Å². The van der Waals surface area contributed by atoms with E-state index in [0.717, 1.165) is 42.7 Å². The molecule has 2 heterocycles. The van der Waals surface area contributed by atoms with Crippen molar-refractivity contribution in [2.24, 2.45) is 7.05 Å². The highest BCUT2D eigenvalue weighted by atomic mass is 15.2. The Morgan fingerprint density at radius 3 is 2.48 bits per heavy atom. The Labute approximate surface area is 126 Å². The predicted molar refractivity (Wildman–Crippen MR) is 85.7 cm³/mol. The summed E-state index contributed by atoms with van der Waals surface area (Å²) in [6, 6.07) is 3.99. The van der Waals surface area contributed by atoms with Crippen LogP contribution >= 0.6 is 0 Å². The summed E-state index contributed by atoms with van der Waals surface area (Å²) in [5.41, 5.74) is 1.08. The first-order valence-electron chi connectivity index (χ1n) is 7.43. The van der Waals surface area contributed by atoms with Crippen LogP contribution in [-0.4, -0.2) is 32.8 Å². The maximum Gasteiger partial charge on any atom is 0.135 e. The Hall–Kier alpha value is -2.11. The summed E-state index contributed by atoms with van der Waals surface area (Å²) in [6.07, 6.45) is 2.83. The van der Waals surface area contributed by atoms with Crippen molar-refractivity contribution in [1.29, 1.82) is 0 Å². The SMILES string of the molecule is CCNc1cc(NCCc2ccn(C)n2)nc(C(C)C)n1. The number of nitrogens with zero attached hydrogens (tertiary/aromatic N) is 4. The molecule has 0 aliphatic carbocycles. The van der Waals surface area contributed by atoms with Gasteiger partial charge in [-0.25, -0.2) is 9.97 Å². The van der Waals surface area contributed by atoms with E-state index in [1.807, 2.05) is 30.1 Å². The highest BCUT2D eigenvalue weighted by Gasteiger charge is 2.07. The fourth-order valence-corrected chi connectivity index (χ4v) is 2.00. The molecule has 0 bridgehead atoms. The molecular formula is C15H24N6. The van der Waals surface area contributed by atoms with E-state index in [4.69, 9.17) is 0 Å². The average Bonchev–Trinajstić information content (AvgIpc) is 2.84. The molecule has 0 aliphatic rings. The predicted octanol–water partition coefficient (Wildman–Crippen LogP) is 2.42. The molecule has 2 aromatic heterocycles. The normalized spacial score (nSPS) is 10.9. The van der Waals surface area contributed by atoms with Gasteiger partial charge in [0.05, 0.1) is 5.69 Å². The van der Waals surface area contributed by atoms with Crippen LogP contribution < -0.4 is 10.6 Å². The molecule has 0 aliphatic heterocycles. The van der Waals surface area contributed by atoms with Crippen molar-refractivity contribution < 1.29 is 0 Å². The quantitative estimate of drug-likeness (QED) is 0.819. The molecule has 0 fully saturated rings. The Bertz CT molecular complexity index is 575. The summed E-state index contributed by atoms with van der Waals surface area (Å²) in [7, 11) is 1.93. The zero-order valence-corrected chi connectivity index (χ0v) is 13.2. The van der Waals surface area contributed by atoms with E-state index in [2.05, 4.69) is 46.5 Å². The zero-order chi connectivity index (χ0) is 15.2. The van der Waals surface area contributed by atoms with Crippen molar-refractivity contribution in [3.05, 3.63) is 29.8 Å². The summed E-state index contributed by atoms with van der Waals surface area (Å²) in [4.78, 5) is 9.08. The number of hydrogen-bond donors (Lipinski definition) is 2. The van der Waals surface area contributed by atoms with Crippen LogP contribution in [0.3, 0.4) is 0 Å². The summed E-state index contributed by atoms with van der Waals surface area (Å²) >= 11 is 0. The molecule has 21 heavy (non-hydrogen) atoms. The highest BCUT2D eigenvalue weighted by molar-refractivity contribution is 5.47. The smallest absolute Gasteiger partial charge is 0.135 e. The first-order chi connectivity index (χ1) is 10.1. The molecule has 114 valence electrons. The first kappa shape index (κ1) is 15.3. The fraction of sp³-hybridized carbons (Fsp3) is 0.533. The van der Waals surface area contributed by atoms with E-state index in [1.165, 1.54) is 0 Å². The van der Waals surface area contributed by atoms with Crippen LogP contribution in [0.5, 0.6) is 0 Å². The number of aryl methyl sites for hydroxylation is 1. The largest absolute Gasteiger partial charge is 0.370 e. The summed E-state index contributed by atoms with van der Waals surface area (Å²) in [6.45, 7) is 7.91. The van der Waals surface area contributed by atoms with E-state index in [1.54, 1.807) is 0 Å². The lowest BCUT2D eigenvalue weighted by atomic mass is 10.2. The highest BCUT2D eigenvalue weighted by Crippen LogP contribution is 2.16. The van der Waals surface area contributed by atoms with Gasteiger partial charge in [0.25, 0.3) is 0 Å². The van der Waals surface area contributed by atoms with Gasteiger partial charge < -0.3 is 10.6 Å². The number of nitrogens with one attached hydrogen (secondary N) is 2. The molecule has 2 N–H and O–H groups in total. The van der Waals surface area contributed by atoms with Crippen LogP contribution in [0.25, 0.3) is 0 Å². The maximum atomic E-state index is 4.56. The molecule has 0 amide bonds. The van der Waals surface area contributed by atoms with Crippen molar-refractivity contribution in [2.75, 3.05) is 23.7 Å². The van der Waals surface area contributed by atoms with Crippen molar-refractivity contribution >= 4 is 11.6 Å². The number of aromatic nitrogens is 4. The van der Waals surface area contributed by atoms with Crippen molar-refractivity contribution in [2.45, 2.75) is 33.1 Å². The molecule has 0 saturated carbocycles. The third kappa shape index (κ3) is 4.44. The molecule has 0 radical (unpaired) electrons. The number of rotatable bonds is 7. The fourth-order valence-electron chi connectivity index (χ4n) is 2.00. The lowest BCUT2D eigenvalue weighted by Gasteiger charge is -2.12. The second-order valence-corrected chi connectivity index (χ2v) is 5.34. The van der Waals surface area contributed by atoms with Crippen molar-refractivity contribution in [3.8, 4) is 0 Å². The molecule has 2 rings (SSSR count). The minimum Gasteiger partial charge on any atom is -0.370 e. The van der Waals surface area contributed by atoms with Crippen LogP contribution in [0.15, 0.2) is 18.3 Å². The summed E-state index contributed by atoms with van der Waals surface area (Å²) < 4.78 is 1.82. The van der Waals surface area contributed by atoms with Gasteiger partial charge in [0.15, 0.2) is 0 Å². The van der Waals surface area contributed by atoms with Crippen molar-refractivity contribution in [1.82, 2.24) is 19.7 Å². The zero-order valence-electron chi connectivity index (χ0n) is 13.2. The van der Waals surface area contributed by atoms with Crippen LogP contribution in [-0.2, 0) is 13.5 Å². The second-order valence-electron chi connectivity index (χ2n) is 5.34. The van der Waals surface area contributed by atoms with Crippen LogP contribution in [0.4, 0.5) is 11.6 Å². The van der Waals surface area contributed by atoms with Crippen LogP contribution in [0, 0.1) is 0 Å². The van der Waals surface area contributed by atoms with E-state index in [9.17, 15) is 0 Å². The molecule has 6 nitrogen and oxygen atoms in total. The molecule has 2 aromatic rings. The van der Waals surface area contributed by atoms with Gasteiger partial charge in [-0.05, 0) is 13.0 Å². The number of hydrogen-bond acceptors (Lipinski definition) is 5. The van der Waals surface area contributed by atoms with Crippen LogP contribution in [0.1, 0.15) is 38.2 Å². The van der Waals surface area contributed by atoms with E-state index >= 15 is 0 Å². The van der Waals surface area contributed by atoms with Gasteiger partial charge in [0.2, 0.25) is 0 Å². The minimum atomic E-state index is 0.306. The third-order valence-electron chi connectivity index (χ3n) is 3.07. The summed E-state index contributed by atoms with van der Waals surface area (Å²) in [5, 5.41) is 11.0. The molecule has 0 unspecified atom stereocenters. The van der Waals surface area contributed by atoms with Gasteiger partial charge in [-0.3, -0.25) is 4.68 Å². The Morgan fingerprint density at radius 2 is 1.90 bits per heavy atom. The molecule has 6 heteroatoms. The van der Waals surface area contributed by atoms with Gasteiger partial charge in [-0.15, -0.1) is 0 Å². The third-order valence-corrected chi connectivity index (χ3v) is 3.07. The standard InChI is InChI=1S/C15H24N6/c1-5-16-13-10-14(19-15(18-13)11(2)3)17-8-6-12-7-9-21(4)20-12/h7,9-11H,5-6,8H2,1-4H3,(H2,16,17,18,19). The molecule has 0 saturated heterocycles. The van der Waals surface area contributed by atoms with E-state index in [0.29, 0.717) is 5.92 Å². The average molecular weight is 288 g/mol. The van der Waals surface area contributed by atoms with Crippen molar-refractivity contribution in [3.63, 3.8) is 0 Å². The van der Waals surface area contributed by atoms with E-state index < -0.39 is 0 Å². The maximum absolute atomic E-state index is 4.56. The molecule has 0 atom stereocenters. The Balaban J connectivity index is 2.00. The Morgan fingerprint density at radius 1 is 1.19 bits per heavy atom. The minimum absolute atomic E-state index is 0.306. The molecule has 0 aromatic carbocycles. The van der Waals surface area contributed by atoms with Crippen LogP contribution in [0.2, 0.25) is 0 Å². The van der Waals surface area contributed by atoms with Gasteiger partial charge in [-0.1, -0.05) is 13.8 Å². The Kier molecular flexibility index (Phi) is 5.14. The molecular weight excluding hydrogens is 264 g/mol.